The van der Waals surface area contributed by atoms with Crippen LogP contribution in [0.15, 0.2) is 71.7 Å². The maximum atomic E-state index is 11.6. The van der Waals surface area contributed by atoms with E-state index in [9.17, 15) is 4.79 Å². The fourth-order valence-corrected chi connectivity index (χ4v) is 2.91. The van der Waals surface area contributed by atoms with Crippen molar-refractivity contribution in [3.63, 3.8) is 0 Å². The normalized spacial score (nSPS) is 12.0. The third-order valence-electron chi connectivity index (χ3n) is 4.28. The Morgan fingerprint density at radius 3 is 2.56 bits per heavy atom. The Labute approximate surface area is 155 Å². The molecule has 1 amide bonds. The number of hydroxylamine groups is 1. The second kappa shape index (κ2) is 6.93. The largest absolute Gasteiger partial charge is 0.497 e. The SMILES string of the molecule is COc1ccc2c(c1)Oc1ccccc1N=C2c1ccc(C(=O)NO)cc1. The summed E-state index contributed by atoms with van der Waals surface area (Å²) >= 11 is 0. The van der Waals surface area contributed by atoms with Gasteiger partial charge in [-0.05, 0) is 36.4 Å². The van der Waals surface area contributed by atoms with Gasteiger partial charge in [0.15, 0.2) is 5.75 Å². The molecule has 0 spiro atoms. The highest BCUT2D eigenvalue weighted by atomic mass is 16.5. The number of amides is 1. The molecule has 0 saturated carbocycles. The molecule has 1 heterocycles. The predicted molar refractivity (Wildman–Crippen MR) is 101 cm³/mol. The summed E-state index contributed by atoms with van der Waals surface area (Å²) in [5.74, 6) is 1.40. The molecule has 0 bridgehead atoms. The summed E-state index contributed by atoms with van der Waals surface area (Å²) in [7, 11) is 1.60. The molecule has 0 aliphatic carbocycles. The number of aliphatic imine (C=N–C) groups is 1. The molecule has 0 fully saturated rings. The van der Waals surface area contributed by atoms with Crippen molar-refractivity contribution in [3.05, 3.63) is 83.4 Å². The Balaban J connectivity index is 1.87. The summed E-state index contributed by atoms with van der Waals surface area (Å²) in [5.41, 5.74) is 5.03. The predicted octanol–water partition coefficient (Wildman–Crippen LogP) is 4.09. The smallest absolute Gasteiger partial charge is 0.274 e. The third-order valence-corrected chi connectivity index (χ3v) is 4.28. The van der Waals surface area contributed by atoms with Crippen LogP contribution in [0.25, 0.3) is 0 Å². The van der Waals surface area contributed by atoms with E-state index in [-0.39, 0.29) is 0 Å². The van der Waals surface area contributed by atoms with Crippen LogP contribution >= 0.6 is 0 Å². The van der Waals surface area contributed by atoms with E-state index in [1.165, 1.54) is 0 Å². The minimum atomic E-state index is -0.567. The van der Waals surface area contributed by atoms with Crippen molar-refractivity contribution in [3.8, 4) is 17.2 Å². The summed E-state index contributed by atoms with van der Waals surface area (Å²) in [5, 5.41) is 8.78. The molecule has 4 rings (SSSR count). The molecule has 1 aliphatic rings. The highest BCUT2D eigenvalue weighted by molar-refractivity contribution is 6.16. The molecule has 134 valence electrons. The molecule has 2 N–H and O–H groups in total. The minimum absolute atomic E-state index is 0.349. The number of hydrogen-bond acceptors (Lipinski definition) is 5. The van der Waals surface area contributed by atoms with E-state index in [4.69, 9.17) is 19.7 Å². The number of carbonyl (C=O) groups is 1. The molecule has 27 heavy (non-hydrogen) atoms. The second-order valence-electron chi connectivity index (χ2n) is 5.91. The lowest BCUT2D eigenvalue weighted by molar-refractivity contribution is 0.0706. The lowest BCUT2D eigenvalue weighted by Crippen LogP contribution is -2.18. The summed E-state index contributed by atoms with van der Waals surface area (Å²) in [4.78, 5) is 16.4. The van der Waals surface area contributed by atoms with Crippen LogP contribution in [0, 0.1) is 0 Å². The van der Waals surface area contributed by atoms with Crippen LogP contribution in [0.3, 0.4) is 0 Å². The molecule has 0 saturated heterocycles. The molecule has 6 nitrogen and oxygen atoms in total. The van der Waals surface area contributed by atoms with Gasteiger partial charge >= 0.3 is 0 Å². The zero-order valence-corrected chi connectivity index (χ0v) is 14.5. The maximum absolute atomic E-state index is 11.6. The molecule has 1 aliphatic heterocycles. The Morgan fingerprint density at radius 1 is 1.04 bits per heavy atom. The second-order valence-corrected chi connectivity index (χ2v) is 5.91. The molecular weight excluding hydrogens is 344 g/mol. The number of hydrogen-bond donors (Lipinski definition) is 2. The summed E-state index contributed by atoms with van der Waals surface area (Å²) in [6.45, 7) is 0. The van der Waals surface area contributed by atoms with Gasteiger partial charge in [0, 0.05) is 22.8 Å². The first-order valence-corrected chi connectivity index (χ1v) is 8.28. The maximum Gasteiger partial charge on any atom is 0.274 e. The fourth-order valence-electron chi connectivity index (χ4n) is 2.91. The van der Waals surface area contributed by atoms with Crippen LogP contribution in [-0.4, -0.2) is 23.9 Å². The zero-order valence-electron chi connectivity index (χ0n) is 14.5. The van der Waals surface area contributed by atoms with E-state index in [0.717, 1.165) is 11.1 Å². The van der Waals surface area contributed by atoms with Gasteiger partial charge in [-0.2, -0.15) is 0 Å². The van der Waals surface area contributed by atoms with Crippen LogP contribution in [0.4, 0.5) is 5.69 Å². The number of nitrogens with zero attached hydrogens (tertiary/aromatic N) is 1. The van der Waals surface area contributed by atoms with Gasteiger partial charge < -0.3 is 9.47 Å². The van der Waals surface area contributed by atoms with Crippen molar-refractivity contribution in [2.45, 2.75) is 0 Å². The highest BCUT2D eigenvalue weighted by Crippen LogP contribution is 2.40. The van der Waals surface area contributed by atoms with E-state index < -0.39 is 5.91 Å². The minimum Gasteiger partial charge on any atom is -0.497 e. The lowest BCUT2D eigenvalue weighted by Gasteiger charge is -2.12. The van der Waals surface area contributed by atoms with Crippen molar-refractivity contribution in [1.29, 1.82) is 0 Å². The summed E-state index contributed by atoms with van der Waals surface area (Å²) < 4.78 is 11.4. The molecular formula is C21H16N2O4. The van der Waals surface area contributed by atoms with E-state index in [1.807, 2.05) is 42.5 Å². The van der Waals surface area contributed by atoms with Gasteiger partial charge in [0.1, 0.15) is 17.2 Å². The van der Waals surface area contributed by atoms with E-state index in [0.29, 0.717) is 34.2 Å². The summed E-state index contributed by atoms with van der Waals surface area (Å²) in [6.07, 6.45) is 0. The summed E-state index contributed by atoms with van der Waals surface area (Å²) in [6, 6.07) is 19.9. The van der Waals surface area contributed by atoms with Gasteiger partial charge in [-0.3, -0.25) is 10.0 Å². The molecule has 0 radical (unpaired) electrons. The number of para-hydroxylation sites is 2. The van der Waals surface area contributed by atoms with Crippen LogP contribution in [0.1, 0.15) is 21.5 Å². The number of benzene rings is 3. The first-order chi connectivity index (χ1) is 13.2. The van der Waals surface area contributed by atoms with Gasteiger partial charge in [0.2, 0.25) is 0 Å². The Kier molecular flexibility index (Phi) is 4.32. The van der Waals surface area contributed by atoms with Crippen LogP contribution in [0.5, 0.6) is 17.2 Å². The number of fused-ring (bicyclic) bond motifs is 2. The fraction of sp³-hybridized carbons (Fsp3) is 0.0476. The van der Waals surface area contributed by atoms with Crippen molar-refractivity contribution in [2.75, 3.05) is 7.11 Å². The monoisotopic (exact) mass is 360 g/mol. The van der Waals surface area contributed by atoms with E-state index in [2.05, 4.69) is 0 Å². The van der Waals surface area contributed by atoms with Crippen molar-refractivity contribution in [1.82, 2.24) is 5.48 Å². The van der Waals surface area contributed by atoms with Gasteiger partial charge in [-0.1, -0.05) is 24.3 Å². The molecule has 3 aromatic rings. The lowest BCUT2D eigenvalue weighted by atomic mass is 9.99. The first-order valence-electron chi connectivity index (χ1n) is 8.28. The number of methoxy groups -OCH3 is 1. The first kappa shape index (κ1) is 16.8. The highest BCUT2D eigenvalue weighted by Gasteiger charge is 2.20. The van der Waals surface area contributed by atoms with Gasteiger partial charge in [0.25, 0.3) is 5.91 Å². The molecule has 0 unspecified atom stereocenters. The third kappa shape index (κ3) is 3.14. The number of nitrogens with one attached hydrogen (secondary N) is 1. The quantitative estimate of drug-likeness (QED) is 0.426. The van der Waals surface area contributed by atoms with Gasteiger partial charge in [0.05, 0.1) is 12.8 Å². The average molecular weight is 360 g/mol. The number of rotatable bonds is 3. The Hall–Kier alpha value is -3.64. The number of carbonyl (C=O) groups excluding carboxylic acids is 1. The van der Waals surface area contributed by atoms with Gasteiger partial charge in [-0.15, -0.1) is 0 Å². The van der Waals surface area contributed by atoms with E-state index in [1.54, 1.807) is 36.9 Å². The van der Waals surface area contributed by atoms with Gasteiger partial charge in [-0.25, -0.2) is 10.5 Å². The Bertz CT molecular complexity index is 1040. The van der Waals surface area contributed by atoms with Crippen molar-refractivity contribution in [2.24, 2.45) is 4.99 Å². The molecule has 0 atom stereocenters. The zero-order chi connectivity index (χ0) is 18.8. The topological polar surface area (TPSA) is 80.2 Å². The molecule has 6 heteroatoms. The van der Waals surface area contributed by atoms with Crippen molar-refractivity contribution >= 4 is 17.3 Å². The molecule has 3 aromatic carbocycles. The Morgan fingerprint density at radius 2 is 1.81 bits per heavy atom. The van der Waals surface area contributed by atoms with E-state index >= 15 is 0 Å². The number of ether oxygens (including phenoxy) is 2. The van der Waals surface area contributed by atoms with Crippen molar-refractivity contribution < 1.29 is 19.5 Å². The van der Waals surface area contributed by atoms with Crippen LogP contribution in [0.2, 0.25) is 0 Å². The van der Waals surface area contributed by atoms with Crippen LogP contribution in [-0.2, 0) is 0 Å². The standard InChI is InChI=1S/C21H16N2O4/c1-26-15-10-11-16-19(12-15)27-18-5-3-2-4-17(18)22-20(16)13-6-8-14(9-7-13)21(24)23-25/h2-12,25H,1H3,(H,23,24). The average Bonchev–Trinajstić information content (AvgIpc) is 2.89. The molecule has 0 aromatic heterocycles. The van der Waals surface area contributed by atoms with Crippen LogP contribution < -0.4 is 15.0 Å².